The summed E-state index contributed by atoms with van der Waals surface area (Å²) in [7, 11) is 0. The molecule has 1 amide bonds. The number of alkyl halides is 6. The summed E-state index contributed by atoms with van der Waals surface area (Å²) in [6.07, 6.45) is -0.526. The molecule has 0 atom stereocenters. The van der Waals surface area contributed by atoms with Gasteiger partial charge in [0, 0.05) is 43.5 Å². The molecule has 0 bridgehead atoms. The molecule has 3 heterocycles. The van der Waals surface area contributed by atoms with Gasteiger partial charge in [0.25, 0.3) is 0 Å². The van der Waals surface area contributed by atoms with E-state index in [4.69, 9.17) is 24.5 Å². The van der Waals surface area contributed by atoms with Crippen LogP contribution in [-0.4, -0.2) is 61.8 Å². The Morgan fingerprint density at radius 1 is 1.03 bits per heavy atom. The molecule has 1 saturated carbocycles. The third-order valence-corrected chi connectivity index (χ3v) is 5.95. The number of hydrogen-bond donors (Lipinski definition) is 2. The summed E-state index contributed by atoms with van der Waals surface area (Å²) >= 11 is 1.60. The molecule has 9 nitrogen and oxygen atoms in total. The summed E-state index contributed by atoms with van der Waals surface area (Å²) in [6.45, 7) is 2.58. The minimum atomic E-state index is -5.08. The fourth-order valence-corrected chi connectivity index (χ4v) is 3.73. The van der Waals surface area contributed by atoms with E-state index in [1.165, 1.54) is 24.0 Å². The zero-order chi connectivity index (χ0) is 28.5. The van der Waals surface area contributed by atoms with Crippen molar-refractivity contribution in [3.8, 4) is 0 Å². The first-order chi connectivity index (χ1) is 17.7. The maximum Gasteiger partial charge on any atom is 0.490 e. The van der Waals surface area contributed by atoms with Gasteiger partial charge in [-0.25, -0.2) is 14.6 Å². The highest BCUT2D eigenvalue weighted by atomic mass is 32.1. The van der Waals surface area contributed by atoms with Crippen LogP contribution < -0.4 is 0 Å². The number of rotatable bonds is 6. The van der Waals surface area contributed by atoms with Gasteiger partial charge in [-0.05, 0) is 41.9 Å². The zero-order valence-corrected chi connectivity index (χ0v) is 20.4. The molecule has 2 N–H and O–H groups in total. The Morgan fingerprint density at radius 3 is 2.13 bits per heavy atom. The van der Waals surface area contributed by atoms with E-state index in [0.717, 1.165) is 30.0 Å². The van der Waals surface area contributed by atoms with Crippen LogP contribution in [0.5, 0.6) is 0 Å². The summed E-state index contributed by atoms with van der Waals surface area (Å²) in [4.78, 5) is 40.7. The first-order valence-electron chi connectivity index (χ1n) is 11.0. The zero-order valence-electron chi connectivity index (χ0n) is 19.6. The van der Waals surface area contributed by atoms with Crippen molar-refractivity contribution in [3.63, 3.8) is 0 Å². The number of pyridine rings is 1. The van der Waals surface area contributed by atoms with Crippen molar-refractivity contribution in [2.45, 2.75) is 57.8 Å². The number of thiazole rings is 1. The molecule has 1 aliphatic carbocycles. The molecule has 1 aliphatic heterocycles. The van der Waals surface area contributed by atoms with Gasteiger partial charge < -0.3 is 19.8 Å². The monoisotopic (exact) mass is 571 g/mol. The Bertz CT molecular complexity index is 1070. The van der Waals surface area contributed by atoms with Crippen LogP contribution in [0.2, 0.25) is 0 Å². The second-order valence-electron chi connectivity index (χ2n) is 8.17. The second kappa shape index (κ2) is 13.5. The molecule has 2 aromatic heterocycles. The Kier molecular flexibility index (Phi) is 11.0. The summed E-state index contributed by atoms with van der Waals surface area (Å²) < 4.78 is 69.3. The number of amides is 1. The molecule has 2 aromatic rings. The van der Waals surface area contributed by atoms with Crippen LogP contribution in [0.25, 0.3) is 0 Å². The normalized spacial score (nSPS) is 14.8. The van der Waals surface area contributed by atoms with Crippen molar-refractivity contribution < 1.29 is 55.7 Å². The first kappa shape index (κ1) is 31.0. The molecule has 0 spiro atoms. The van der Waals surface area contributed by atoms with Gasteiger partial charge >= 0.3 is 24.3 Å². The van der Waals surface area contributed by atoms with Crippen molar-refractivity contribution >= 4 is 29.2 Å². The van der Waals surface area contributed by atoms with Crippen LogP contribution in [0.4, 0.5) is 26.3 Å². The van der Waals surface area contributed by atoms with Crippen molar-refractivity contribution in [2.24, 2.45) is 5.92 Å². The average molecular weight is 571 g/mol. The van der Waals surface area contributed by atoms with Crippen LogP contribution in [-0.2, 0) is 45.3 Å². The lowest BCUT2D eigenvalue weighted by Crippen LogP contribution is -2.36. The Labute approximate surface area is 216 Å². The highest BCUT2D eigenvalue weighted by Gasteiger charge is 2.39. The number of fused-ring (bicyclic) bond motifs is 1. The smallest absolute Gasteiger partial charge is 0.475 e. The quantitative estimate of drug-likeness (QED) is 0.494. The standard InChI is InChI=1S/C18H21N3O2S.2C2HF3O2/c22-18(7-13-1-2-13)21-5-3-16-14(10-21)8-19-9-15(16)11-23-12-17-20-4-6-24-17;2*3-2(4,5)1(6)7/h4,6,8-9,13H,1-3,5,7,10-12H2;2*(H,6,7). The van der Waals surface area contributed by atoms with E-state index < -0.39 is 24.3 Å². The van der Waals surface area contributed by atoms with Gasteiger partial charge in [0.05, 0.1) is 13.2 Å². The number of aromatic nitrogens is 2. The van der Waals surface area contributed by atoms with E-state index in [2.05, 4.69) is 9.97 Å². The number of carboxylic acid groups (broad SMARTS) is 2. The lowest BCUT2D eigenvalue weighted by molar-refractivity contribution is -0.193. The van der Waals surface area contributed by atoms with Crippen LogP contribution in [0.3, 0.4) is 0 Å². The minimum absolute atomic E-state index is 0.300. The van der Waals surface area contributed by atoms with Crippen LogP contribution in [0.15, 0.2) is 24.0 Å². The number of hydrogen-bond acceptors (Lipinski definition) is 7. The topological polar surface area (TPSA) is 130 Å². The highest BCUT2D eigenvalue weighted by molar-refractivity contribution is 7.09. The third kappa shape index (κ3) is 10.6. The van der Waals surface area contributed by atoms with Crippen molar-refractivity contribution in [2.75, 3.05) is 6.54 Å². The second-order valence-corrected chi connectivity index (χ2v) is 9.15. The summed E-state index contributed by atoms with van der Waals surface area (Å²) in [6, 6.07) is 0. The lowest BCUT2D eigenvalue weighted by Gasteiger charge is -2.30. The van der Waals surface area contributed by atoms with Gasteiger partial charge in [-0.15, -0.1) is 11.3 Å². The summed E-state index contributed by atoms with van der Waals surface area (Å²) in [5.41, 5.74) is 3.61. The number of ether oxygens (including phenoxy) is 1. The Balaban J connectivity index is 0.000000301. The lowest BCUT2D eigenvalue weighted by atomic mass is 9.97. The number of carbonyl (C=O) groups excluding carboxylic acids is 1. The van der Waals surface area contributed by atoms with Gasteiger partial charge in [-0.2, -0.15) is 26.3 Å². The SMILES string of the molecule is O=C(CC1CC1)N1CCc2c(COCc3nccs3)cncc2C1.O=C(O)C(F)(F)F.O=C(O)C(F)(F)F. The number of carboxylic acids is 2. The van der Waals surface area contributed by atoms with Crippen LogP contribution in [0.1, 0.15) is 41.0 Å². The van der Waals surface area contributed by atoms with Gasteiger partial charge in [0.15, 0.2) is 0 Å². The summed E-state index contributed by atoms with van der Waals surface area (Å²) in [5, 5.41) is 17.2. The Morgan fingerprint density at radius 2 is 1.63 bits per heavy atom. The number of carbonyl (C=O) groups is 3. The van der Waals surface area contributed by atoms with Crippen molar-refractivity contribution in [1.29, 1.82) is 0 Å². The largest absolute Gasteiger partial charge is 0.490 e. The van der Waals surface area contributed by atoms with Crippen LogP contribution in [0, 0.1) is 5.92 Å². The molecule has 0 radical (unpaired) electrons. The fraction of sp³-hybridized carbons (Fsp3) is 0.500. The first-order valence-corrected chi connectivity index (χ1v) is 11.8. The Hall–Kier alpha value is -3.27. The molecular formula is C22H23F6N3O6S. The van der Waals surface area contributed by atoms with E-state index in [0.29, 0.717) is 31.6 Å². The van der Waals surface area contributed by atoms with E-state index in [-0.39, 0.29) is 0 Å². The molecule has 2 aliphatic rings. The minimum Gasteiger partial charge on any atom is -0.475 e. The van der Waals surface area contributed by atoms with E-state index in [1.807, 2.05) is 22.7 Å². The highest BCUT2D eigenvalue weighted by Crippen LogP contribution is 2.33. The maximum absolute atomic E-state index is 12.3. The molecule has 4 rings (SSSR count). The van der Waals surface area contributed by atoms with Gasteiger partial charge in [-0.1, -0.05) is 0 Å². The molecular weight excluding hydrogens is 548 g/mol. The molecule has 210 valence electrons. The molecule has 1 fully saturated rings. The number of aliphatic carboxylic acids is 2. The average Bonchev–Trinajstić information content (AvgIpc) is 3.49. The maximum atomic E-state index is 12.3. The predicted molar refractivity (Wildman–Crippen MR) is 119 cm³/mol. The number of halogens is 6. The molecule has 38 heavy (non-hydrogen) atoms. The van der Waals surface area contributed by atoms with Crippen molar-refractivity contribution in [1.82, 2.24) is 14.9 Å². The molecule has 0 unspecified atom stereocenters. The molecule has 16 heteroatoms. The van der Waals surface area contributed by atoms with E-state index in [1.54, 1.807) is 17.5 Å². The van der Waals surface area contributed by atoms with Gasteiger partial charge in [0.2, 0.25) is 5.91 Å². The van der Waals surface area contributed by atoms with Gasteiger partial charge in [-0.3, -0.25) is 9.78 Å². The van der Waals surface area contributed by atoms with Gasteiger partial charge in [0.1, 0.15) is 5.01 Å². The molecule has 0 aromatic carbocycles. The van der Waals surface area contributed by atoms with Crippen molar-refractivity contribution in [3.05, 3.63) is 45.7 Å². The fourth-order valence-electron chi connectivity index (χ4n) is 3.18. The van der Waals surface area contributed by atoms with Crippen LogP contribution >= 0.6 is 11.3 Å². The van der Waals surface area contributed by atoms with E-state index in [9.17, 15) is 31.1 Å². The number of nitrogens with zero attached hydrogens (tertiary/aromatic N) is 3. The third-order valence-electron chi connectivity index (χ3n) is 5.19. The molecule has 0 saturated heterocycles. The summed E-state index contributed by atoms with van der Waals surface area (Å²) in [5.74, 6) is -4.57. The predicted octanol–water partition coefficient (Wildman–Crippen LogP) is 4.21. The van der Waals surface area contributed by atoms with E-state index >= 15 is 0 Å².